The maximum absolute atomic E-state index is 6.33. The zero-order valence-electron chi connectivity index (χ0n) is 27.1. The Balaban J connectivity index is 1.04. The van der Waals surface area contributed by atoms with Gasteiger partial charge in [0.15, 0.2) is 0 Å². The number of methoxy groups -OCH3 is 1. The summed E-state index contributed by atoms with van der Waals surface area (Å²) >= 11 is 3.64. The minimum Gasteiger partial charge on any atom is -0.497 e. The normalized spacial score (nSPS) is 21.0. The van der Waals surface area contributed by atoms with Crippen LogP contribution in [0.3, 0.4) is 0 Å². The van der Waals surface area contributed by atoms with Crippen LogP contribution in [0.4, 0.5) is 11.4 Å². The lowest BCUT2D eigenvalue weighted by atomic mass is 10.1. The maximum Gasteiger partial charge on any atom is 0.216 e. The highest BCUT2D eigenvalue weighted by molar-refractivity contribution is 8.05. The van der Waals surface area contributed by atoms with Crippen molar-refractivity contribution in [2.24, 2.45) is 0 Å². The molecule has 2 atom stereocenters. The Kier molecular flexibility index (Phi) is 9.65. The molecule has 3 saturated heterocycles. The van der Waals surface area contributed by atoms with E-state index in [-0.39, 0.29) is 6.04 Å². The van der Waals surface area contributed by atoms with Crippen LogP contribution < -0.4 is 19.7 Å². The largest absolute Gasteiger partial charge is 0.497 e. The molecule has 3 aromatic carbocycles. The number of morpholine rings is 2. The molecule has 9 nitrogen and oxygen atoms in total. The molecule has 1 aromatic heterocycles. The first-order valence-corrected chi connectivity index (χ1v) is 18.2. The molecule has 0 aliphatic carbocycles. The second-order valence-electron chi connectivity index (χ2n) is 12.3. The number of rotatable bonds is 9. The Hall–Kier alpha value is -3.45. The fourth-order valence-corrected chi connectivity index (χ4v) is 9.05. The minimum atomic E-state index is 0.257. The third-order valence-electron chi connectivity index (χ3n) is 9.26. The van der Waals surface area contributed by atoms with Gasteiger partial charge in [-0.3, -0.25) is 4.90 Å². The van der Waals surface area contributed by atoms with E-state index >= 15 is 0 Å². The molecule has 250 valence electrons. The van der Waals surface area contributed by atoms with Gasteiger partial charge in [-0.2, -0.15) is 0 Å². The maximum atomic E-state index is 6.33. The van der Waals surface area contributed by atoms with E-state index in [1.807, 2.05) is 47.8 Å². The smallest absolute Gasteiger partial charge is 0.216 e. The summed E-state index contributed by atoms with van der Waals surface area (Å²) in [6.45, 7) is 8.50. The number of fused-ring (bicyclic) bond motifs is 2. The van der Waals surface area contributed by atoms with Crippen LogP contribution in [0.5, 0.6) is 11.6 Å². The van der Waals surface area contributed by atoms with Crippen molar-refractivity contribution in [2.75, 3.05) is 83.1 Å². The summed E-state index contributed by atoms with van der Waals surface area (Å²) in [5.74, 6) is 1.44. The quantitative estimate of drug-likeness (QED) is 0.190. The van der Waals surface area contributed by atoms with Crippen LogP contribution in [-0.4, -0.2) is 94.9 Å². The van der Waals surface area contributed by atoms with Crippen LogP contribution >= 0.6 is 23.5 Å². The molecule has 5 heterocycles. The Labute approximate surface area is 290 Å². The fourth-order valence-electron chi connectivity index (χ4n) is 6.64. The molecule has 48 heavy (non-hydrogen) atoms. The summed E-state index contributed by atoms with van der Waals surface area (Å²) in [6, 6.07) is 26.1. The monoisotopic (exact) mass is 684 g/mol. The zero-order chi connectivity index (χ0) is 32.3. The number of nitrogens with one attached hydrogen (secondary N) is 1. The van der Waals surface area contributed by atoms with E-state index in [9.17, 15) is 0 Å². The third kappa shape index (κ3) is 6.99. The number of hydrogen-bond donors (Lipinski definition) is 1. The van der Waals surface area contributed by atoms with E-state index in [0.717, 1.165) is 86.6 Å². The predicted molar refractivity (Wildman–Crippen MR) is 189 cm³/mol. The van der Waals surface area contributed by atoms with Gasteiger partial charge in [0.05, 0.1) is 64.5 Å². The van der Waals surface area contributed by atoms with Crippen molar-refractivity contribution >= 4 is 34.9 Å². The van der Waals surface area contributed by atoms with Gasteiger partial charge in [0, 0.05) is 68.8 Å². The lowest BCUT2D eigenvalue weighted by Crippen LogP contribution is -2.50. The van der Waals surface area contributed by atoms with Gasteiger partial charge in [-0.1, -0.05) is 47.8 Å². The molecule has 0 unspecified atom stereocenters. The number of aromatic nitrogens is 1. The van der Waals surface area contributed by atoms with E-state index in [2.05, 4.69) is 63.6 Å². The first kappa shape index (κ1) is 31.8. The minimum absolute atomic E-state index is 0.257. The van der Waals surface area contributed by atoms with Gasteiger partial charge in [-0.25, -0.2) is 4.98 Å². The highest BCUT2D eigenvalue weighted by Gasteiger charge is 2.34. The lowest BCUT2D eigenvalue weighted by molar-refractivity contribution is 0.0131. The predicted octanol–water partition coefficient (Wildman–Crippen LogP) is 6.30. The van der Waals surface area contributed by atoms with E-state index in [1.165, 1.54) is 19.6 Å². The van der Waals surface area contributed by atoms with Gasteiger partial charge in [-0.15, -0.1) is 0 Å². The molecular formula is C37H40N4O5S2. The Bertz CT molecular complexity index is 1730. The van der Waals surface area contributed by atoms with Crippen molar-refractivity contribution in [3.05, 3.63) is 78.4 Å². The van der Waals surface area contributed by atoms with E-state index in [0.29, 0.717) is 31.7 Å². The molecule has 4 aromatic rings. The van der Waals surface area contributed by atoms with Gasteiger partial charge in [-0.05, 0) is 48.0 Å². The molecule has 4 aliphatic heterocycles. The zero-order valence-corrected chi connectivity index (χ0v) is 28.7. The molecule has 0 saturated carbocycles. The Morgan fingerprint density at radius 1 is 0.812 bits per heavy atom. The van der Waals surface area contributed by atoms with Gasteiger partial charge >= 0.3 is 0 Å². The van der Waals surface area contributed by atoms with Crippen LogP contribution in [0.2, 0.25) is 0 Å². The van der Waals surface area contributed by atoms with Crippen molar-refractivity contribution in [3.8, 4) is 22.9 Å². The summed E-state index contributed by atoms with van der Waals surface area (Å²) in [4.78, 5) is 14.9. The first-order valence-electron chi connectivity index (χ1n) is 16.6. The van der Waals surface area contributed by atoms with Gasteiger partial charge in [0.1, 0.15) is 12.4 Å². The summed E-state index contributed by atoms with van der Waals surface area (Å²) < 4.78 is 28.8. The standard InChI is InChI=1S/C37H40N4O5S2/c1-42-28-8-5-25(6-9-28)22-46-36-21-27(40-11-15-43-16-12-40)20-30(39-36)29-3-2-4-34-37(29)48-33-10-7-26(19-35(33)47-34)38-31-23-45-24-32(31)41-13-17-44-18-14-41/h2-10,19-21,31-32,38H,11-18,22-24H2,1H3/t31-,32-/m1/s1. The highest BCUT2D eigenvalue weighted by atomic mass is 32.2. The highest BCUT2D eigenvalue weighted by Crippen LogP contribution is 2.52. The number of anilines is 2. The van der Waals surface area contributed by atoms with Gasteiger partial charge in [0.2, 0.25) is 5.88 Å². The van der Waals surface area contributed by atoms with Crippen LogP contribution in [0, 0.1) is 0 Å². The van der Waals surface area contributed by atoms with Crippen LogP contribution in [-0.2, 0) is 20.8 Å². The van der Waals surface area contributed by atoms with E-state index in [4.69, 9.17) is 28.7 Å². The van der Waals surface area contributed by atoms with E-state index in [1.54, 1.807) is 7.11 Å². The average molecular weight is 685 g/mol. The topological polar surface area (TPSA) is 77.5 Å². The number of ether oxygens (including phenoxy) is 5. The Morgan fingerprint density at radius 3 is 2.44 bits per heavy atom. The van der Waals surface area contributed by atoms with E-state index < -0.39 is 0 Å². The molecule has 0 radical (unpaired) electrons. The summed E-state index contributed by atoms with van der Waals surface area (Å²) in [5.41, 5.74) is 5.31. The molecule has 3 fully saturated rings. The van der Waals surface area contributed by atoms with Crippen molar-refractivity contribution < 1.29 is 23.7 Å². The third-order valence-corrected chi connectivity index (χ3v) is 11.9. The number of benzene rings is 3. The Morgan fingerprint density at radius 2 is 1.62 bits per heavy atom. The average Bonchev–Trinajstić information content (AvgIpc) is 3.61. The molecular weight excluding hydrogens is 645 g/mol. The van der Waals surface area contributed by atoms with Crippen molar-refractivity contribution in [1.82, 2.24) is 9.88 Å². The number of hydrogen-bond acceptors (Lipinski definition) is 11. The van der Waals surface area contributed by atoms with Gasteiger partial charge < -0.3 is 33.9 Å². The molecule has 0 amide bonds. The van der Waals surface area contributed by atoms with Crippen molar-refractivity contribution in [3.63, 3.8) is 0 Å². The van der Waals surface area contributed by atoms with Crippen LogP contribution in [0.25, 0.3) is 11.3 Å². The van der Waals surface area contributed by atoms with Gasteiger partial charge in [0.25, 0.3) is 0 Å². The molecule has 0 bridgehead atoms. The first-order chi connectivity index (χ1) is 23.7. The number of pyridine rings is 1. The second-order valence-corrected chi connectivity index (χ2v) is 14.4. The van der Waals surface area contributed by atoms with Crippen molar-refractivity contribution in [2.45, 2.75) is 38.3 Å². The molecule has 4 aliphatic rings. The van der Waals surface area contributed by atoms with Crippen molar-refractivity contribution in [1.29, 1.82) is 0 Å². The SMILES string of the molecule is COc1ccc(COc2cc(N3CCOCC3)cc(-c3cccc4c3Sc3ccc(N[C@@H]5COC[C@H]5N5CCOCC5)cc3S4)n2)cc1. The van der Waals surface area contributed by atoms with Crippen LogP contribution in [0.1, 0.15) is 5.56 Å². The molecule has 0 spiro atoms. The fraction of sp³-hybridized carbons (Fsp3) is 0.378. The molecule has 11 heteroatoms. The summed E-state index contributed by atoms with van der Waals surface area (Å²) in [7, 11) is 1.68. The number of nitrogens with zero attached hydrogens (tertiary/aromatic N) is 3. The molecule has 8 rings (SSSR count). The second kappa shape index (κ2) is 14.6. The lowest BCUT2D eigenvalue weighted by Gasteiger charge is -2.35. The summed E-state index contributed by atoms with van der Waals surface area (Å²) in [6.07, 6.45) is 0. The molecule has 1 N–H and O–H groups in total. The van der Waals surface area contributed by atoms with Crippen LogP contribution in [0.15, 0.2) is 92.4 Å². The summed E-state index contributed by atoms with van der Waals surface area (Å²) in [5, 5.41) is 3.80.